The second kappa shape index (κ2) is 15.3. The van der Waals surface area contributed by atoms with Gasteiger partial charge in [0.2, 0.25) is 21.8 Å². The highest BCUT2D eigenvalue weighted by Gasteiger charge is 2.31. The Bertz CT molecular complexity index is 1370. The topological polar surface area (TPSA) is 96.0 Å². The quantitative estimate of drug-likeness (QED) is 0.283. The fourth-order valence-corrected chi connectivity index (χ4v) is 5.68. The van der Waals surface area contributed by atoms with Gasteiger partial charge in [0.1, 0.15) is 11.8 Å². The zero-order chi connectivity index (χ0) is 29.8. The average Bonchev–Trinajstić information content (AvgIpc) is 2.99. The Kier molecular flexibility index (Phi) is 11.9. The van der Waals surface area contributed by atoms with Crippen molar-refractivity contribution in [3.8, 4) is 5.75 Å². The SMILES string of the molecule is CC[C@@H](C)NC(=O)[C@@H](Cc1ccccc1)N(Cc1cccc(OC)c1)C(=O)CCCN(C)S(=O)(=O)c1ccccc1. The highest BCUT2D eigenvalue weighted by molar-refractivity contribution is 7.89. The molecule has 2 amide bonds. The molecule has 3 aromatic rings. The molecule has 0 bridgehead atoms. The molecule has 2 atom stereocenters. The number of nitrogens with zero attached hydrogens (tertiary/aromatic N) is 2. The second-order valence-corrected chi connectivity index (χ2v) is 12.2. The maximum absolute atomic E-state index is 13.8. The Hall–Kier alpha value is -3.69. The van der Waals surface area contributed by atoms with Crippen molar-refractivity contribution < 1.29 is 22.7 Å². The first-order valence-electron chi connectivity index (χ1n) is 13.9. The summed E-state index contributed by atoms with van der Waals surface area (Å²) < 4.78 is 32.5. The molecule has 0 saturated heterocycles. The van der Waals surface area contributed by atoms with Crippen molar-refractivity contribution in [1.82, 2.24) is 14.5 Å². The molecule has 0 fully saturated rings. The number of hydrogen-bond donors (Lipinski definition) is 1. The number of amides is 2. The van der Waals surface area contributed by atoms with Crippen LogP contribution in [0.25, 0.3) is 0 Å². The van der Waals surface area contributed by atoms with Crippen LogP contribution in [0.5, 0.6) is 5.75 Å². The molecule has 0 aliphatic heterocycles. The number of rotatable bonds is 15. The van der Waals surface area contributed by atoms with E-state index in [1.807, 2.05) is 68.4 Å². The average molecular weight is 580 g/mol. The van der Waals surface area contributed by atoms with Crippen LogP contribution in [-0.2, 0) is 32.6 Å². The molecular formula is C32H41N3O5S. The van der Waals surface area contributed by atoms with E-state index in [-0.39, 0.29) is 42.3 Å². The van der Waals surface area contributed by atoms with Crippen LogP contribution in [-0.4, -0.2) is 62.2 Å². The highest BCUT2D eigenvalue weighted by atomic mass is 32.2. The van der Waals surface area contributed by atoms with Crippen LogP contribution in [0, 0.1) is 0 Å². The maximum atomic E-state index is 13.8. The number of ether oxygens (including phenoxy) is 1. The van der Waals surface area contributed by atoms with E-state index in [1.165, 1.54) is 11.4 Å². The number of benzene rings is 3. The normalized spacial score (nSPS) is 12.9. The summed E-state index contributed by atoms with van der Waals surface area (Å²) in [5.41, 5.74) is 1.77. The number of nitrogens with one attached hydrogen (secondary N) is 1. The van der Waals surface area contributed by atoms with Gasteiger partial charge in [-0.05, 0) is 55.2 Å². The first-order chi connectivity index (χ1) is 19.6. The van der Waals surface area contributed by atoms with Crippen LogP contribution in [0.1, 0.15) is 44.2 Å². The molecule has 0 radical (unpaired) electrons. The lowest BCUT2D eigenvalue weighted by atomic mass is 10.0. The van der Waals surface area contributed by atoms with Crippen molar-refractivity contribution in [2.75, 3.05) is 20.7 Å². The summed E-state index contributed by atoms with van der Waals surface area (Å²) in [7, 11) is -0.574. The van der Waals surface area contributed by atoms with E-state index in [0.29, 0.717) is 18.6 Å². The van der Waals surface area contributed by atoms with Crippen molar-refractivity contribution in [2.24, 2.45) is 0 Å². The van der Waals surface area contributed by atoms with Crippen molar-refractivity contribution in [3.63, 3.8) is 0 Å². The summed E-state index contributed by atoms with van der Waals surface area (Å²) in [5, 5.41) is 3.06. The van der Waals surface area contributed by atoms with Crippen molar-refractivity contribution >= 4 is 21.8 Å². The molecule has 0 spiro atoms. The molecule has 220 valence electrons. The van der Waals surface area contributed by atoms with E-state index in [0.717, 1.165) is 17.5 Å². The van der Waals surface area contributed by atoms with E-state index in [9.17, 15) is 18.0 Å². The molecule has 3 rings (SSSR count). The minimum absolute atomic E-state index is 0.0496. The molecule has 8 nitrogen and oxygen atoms in total. The van der Waals surface area contributed by atoms with Gasteiger partial charge in [0.25, 0.3) is 0 Å². The fraction of sp³-hybridized carbons (Fsp3) is 0.375. The van der Waals surface area contributed by atoms with Gasteiger partial charge in [-0.15, -0.1) is 0 Å². The minimum atomic E-state index is -3.67. The minimum Gasteiger partial charge on any atom is -0.497 e. The highest BCUT2D eigenvalue weighted by Crippen LogP contribution is 2.20. The van der Waals surface area contributed by atoms with Crippen molar-refractivity contribution in [3.05, 3.63) is 96.1 Å². The van der Waals surface area contributed by atoms with Crippen LogP contribution in [0.15, 0.2) is 89.8 Å². The molecule has 1 N–H and O–H groups in total. The van der Waals surface area contributed by atoms with Crippen LogP contribution < -0.4 is 10.1 Å². The van der Waals surface area contributed by atoms with Crippen LogP contribution in [0.4, 0.5) is 0 Å². The van der Waals surface area contributed by atoms with Crippen molar-refractivity contribution in [2.45, 2.75) is 63.1 Å². The van der Waals surface area contributed by atoms with E-state index >= 15 is 0 Å². The van der Waals surface area contributed by atoms with Crippen LogP contribution in [0.3, 0.4) is 0 Å². The van der Waals surface area contributed by atoms with Gasteiger partial charge in [0, 0.05) is 39.0 Å². The molecule has 0 aliphatic rings. The fourth-order valence-electron chi connectivity index (χ4n) is 4.45. The van der Waals surface area contributed by atoms with E-state index in [4.69, 9.17) is 4.74 Å². The zero-order valence-corrected chi connectivity index (χ0v) is 25.1. The first-order valence-corrected chi connectivity index (χ1v) is 15.4. The number of methoxy groups -OCH3 is 1. The predicted octanol–water partition coefficient (Wildman–Crippen LogP) is 4.65. The number of sulfonamides is 1. The van der Waals surface area contributed by atoms with Gasteiger partial charge in [0.05, 0.1) is 12.0 Å². The summed E-state index contributed by atoms with van der Waals surface area (Å²) in [4.78, 5) is 29.3. The van der Waals surface area contributed by atoms with E-state index in [2.05, 4.69) is 5.32 Å². The molecule has 0 aromatic heterocycles. The Morgan fingerprint density at radius 3 is 2.20 bits per heavy atom. The second-order valence-electron chi connectivity index (χ2n) is 10.1. The van der Waals surface area contributed by atoms with Crippen molar-refractivity contribution in [1.29, 1.82) is 0 Å². The van der Waals surface area contributed by atoms with Gasteiger partial charge in [-0.1, -0.05) is 67.6 Å². The monoisotopic (exact) mass is 579 g/mol. The summed E-state index contributed by atoms with van der Waals surface area (Å²) in [5.74, 6) is 0.216. The molecular weight excluding hydrogens is 538 g/mol. The standard InChI is InChI=1S/C32H41N3O5S/c1-5-25(2)33-32(37)30(23-26-14-8-6-9-15-26)35(24-27-16-12-17-28(22-27)40-4)31(36)20-13-21-34(3)41(38,39)29-18-10-7-11-19-29/h6-12,14-19,22,25,30H,5,13,20-21,23-24H2,1-4H3,(H,33,37)/t25-,30-/m1/s1. The van der Waals surface area contributed by atoms with Gasteiger partial charge >= 0.3 is 0 Å². The van der Waals surface area contributed by atoms with Crippen LogP contribution in [0.2, 0.25) is 0 Å². The van der Waals surface area contributed by atoms with Crippen LogP contribution >= 0.6 is 0 Å². The smallest absolute Gasteiger partial charge is 0.243 e. The Balaban J connectivity index is 1.85. The third kappa shape index (κ3) is 9.16. The van der Waals surface area contributed by atoms with Gasteiger partial charge < -0.3 is 15.0 Å². The largest absolute Gasteiger partial charge is 0.497 e. The van der Waals surface area contributed by atoms with Gasteiger partial charge in [0.15, 0.2) is 0 Å². The van der Waals surface area contributed by atoms with E-state index < -0.39 is 16.1 Å². The number of carbonyl (C=O) groups excluding carboxylic acids is 2. The third-order valence-electron chi connectivity index (χ3n) is 7.07. The summed E-state index contributed by atoms with van der Waals surface area (Å²) in [6, 6.07) is 24.5. The van der Waals surface area contributed by atoms with Gasteiger partial charge in [-0.25, -0.2) is 12.7 Å². The Morgan fingerprint density at radius 2 is 1.56 bits per heavy atom. The molecule has 41 heavy (non-hydrogen) atoms. The zero-order valence-electron chi connectivity index (χ0n) is 24.3. The summed E-state index contributed by atoms with van der Waals surface area (Å²) in [6.45, 7) is 4.31. The third-order valence-corrected chi connectivity index (χ3v) is 8.95. The van der Waals surface area contributed by atoms with E-state index in [1.54, 1.807) is 42.3 Å². The Morgan fingerprint density at radius 1 is 0.927 bits per heavy atom. The lowest BCUT2D eigenvalue weighted by Gasteiger charge is -2.32. The summed E-state index contributed by atoms with van der Waals surface area (Å²) >= 11 is 0. The molecule has 9 heteroatoms. The number of carbonyl (C=O) groups is 2. The molecule has 0 aliphatic carbocycles. The number of hydrogen-bond acceptors (Lipinski definition) is 5. The molecule has 0 unspecified atom stereocenters. The molecule has 0 saturated carbocycles. The van der Waals surface area contributed by atoms with Gasteiger partial charge in [-0.2, -0.15) is 0 Å². The molecule has 0 heterocycles. The first kappa shape index (κ1) is 31.8. The lowest BCUT2D eigenvalue weighted by Crippen LogP contribution is -2.52. The lowest BCUT2D eigenvalue weighted by molar-refractivity contribution is -0.141. The maximum Gasteiger partial charge on any atom is 0.243 e. The summed E-state index contributed by atoms with van der Waals surface area (Å²) in [6.07, 6.45) is 1.50. The van der Waals surface area contributed by atoms with Gasteiger partial charge in [-0.3, -0.25) is 9.59 Å². The predicted molar refractivity (Wildman–Crippen MR) is 161 cm³/mol. The Labute approximate surface area is 244 Å². The molecule has 3 aromatic carbocycles.